The van der Waals surface area contributed by atoms with E-state index in [-0.39, 0.29) is 5.91 Å². The van der Waals surface area contributed by atoms with Gasteiger partial charge in [-0.2, -0.15) is 0 Å². The molecule has 0 radical (unpaired) electrons. The van der Waals surface area contributed by atoms with Gasteiger partial charge >= 0.3 is 0 Å². The van der Waals surface area contributed by atoms with Crippen molar-refractivity contribution >= 4 is 22.6 Å². The van der Waals surface area contributed by atoms with Crippen molar-refractivity contribution in [3.63, 3.8) is 0 Å². The van der Waals surface area contributed by atoms with Crippen molar-refractivity contribution < 1.29 is 14.3 Å². The zero-order valence-corrected chi connectivity index (χ0v) is 16.5. The first-order valence-corrected chi connectivity index (χ1v) is 9.46. The molecule has 6 heteroatoms. The summed E-state index contributed by atoms with van der Waals surface area (Å²) in [5.41, 5.74) is 3.88. The Bertz CT molecular complexity index is 1180. The SMILES string of the molecule is C=CCOc1ccc(C(=O)Nc2cccc(-c3nc4ccccc4[nH]3)c2)cc1OC. The van der Waals surface area contributed by atoms with Crippen molar-refractivity contribution in [3.8, 4) is 22.9 Å². The molecule has 6 nitrogen and oxygen atoms in total. The van der Waals surface area contributed by atoms with Crippen molar-refractivity contribution in [2.75, 3.05) is 19.0 Å². The minimum atomic E-state index is -0.245. The summed E-state index contributed by atoms with van der Waals surface area (Å²) in [6.07, 6.45) is 1.65. The van der Waals surface area contributed by atoms with Gasteiger partial charge in [-0.3, -0.25) is 4.79 Å². The summed E-state index contributed by atoms with van der Waals surface area (Å²) in [7, 11) is 1.54. The van der Waals surface area contributed by atoms with E-state index >= 15 is 0 Å². The fraction of sp³-hybridized carbons (Fsp3) is 0.0833. The van der Waals surface area contributed by atoms with Gasteiger partial charge in [-0.05, 0) is 42.5 Å². The van der Waals surface area contributed by atoms with Crippen molar-refractivity contribution in [2.24, 2.45) is 0 Å². The van der Waals surface area contributed by atoms with Gasteiger partial charge in [0.25, 0.3) is 5.91 Å². The zero-order chi connectivity index (χ0) is 20.9. The summed E-state index contributed by atoms with van der Waals surface area (Å²) in [4.78, 5) is 20.7. The number of benzene rings is 3. The number of amides is 1. The first-order valence-electron chi connectivity index (χ1n) is 9.46. The van der Waals surface area contributed by atoms with Crippen molar-refractivity contribution in [3.05, 3.63) is 84.9 Å². The quantitative estimate of drug-likeness (QED) is 0.426. The Balaban J connectivity index is 1.55. The average Bonchev–Trinajstić information content (AvgIpc) is 3.22. The van der Waals surface area contributed by atoms with Crippen molar-refractivity contribution in [2.45, 2.75) is 0 Å². The molecule has 0 unspecified atom stereocenters. The number of rotatable bonds is 7. The number of carbonyl (C=O) groups excluding carboxylic acids is 1. The normalized spacial score (nSPS) is 10.6. The molecule has 150 valence electrons. The highest BCUT2D eigenvalue weighted by Gasteiger charge is 2.12. The molecule has 1 heterocycles. The second kappa shape index (κ2) is 8.53. The smallest absolute Gasteiger partial charge is 0.255 e. The number of carbonyl (C=O) groups is 1. The van der Waals surface area contributed by atoms with Crippen LogP contribution in [0.4, 0.5) is 5.69 Å². The number of hydrogen-bond donors (Lipinski definition) is 2. The van der Waals surface area contributed by atoms with E-state index in [0.29, 0.717) is 29.4 Å². The van der Waals surface area contributed by atoms with Gasteiger partial charge in [0, 0.05) is 16.8 Å². The summed E-state index contributed by atoms with van der Waals surface area (Å²) >= 11 is 0. The Hall–Kier alpha value is -4.06. The van der Waals surface area contributed by atoms with Crippen LogP contribution in [-0.4, -0.2) is 29.6 Å². The van der Waals surface area contributed by atoms with Crippen molar-refractivity contribution in [1.29, 1.82) is 0 Å². The third-order valence-electron chi connectivity index (χ3n) is 4.57. The number of nitrogens with zero attached hydrogens (tertiary/aromatic N) is 1. The van der Waals surface area contributed by atoms with E-state index in [4.69, 9.17) is 9.47 Å². The molecule has 0 aliphatic carbocycles. The van der Waals surface area contributed by atoms with Crippen LogP contribution in [0.2, 0.25) is 0 Å². The molecule has 0 aliphatic heterocycles. The standard InChI is InChI=1S/C24H21N3O3/c1-3-13-30-21-12-11-17(15-22(21)29-2)24(28)25-18-8-6-7-16(14-18)23-26-19-9-4-5-10-20(19)27-23/h3-12,14-15H,1,13H2,2H3,(H,25,28)(H,26,27). The number of para-hydroxylation sites is 2. The Kier molecular flexibility index (Phi) is 5.48. The second-order valence-electron chi connectivity index (χ2n) is 6.60. The topological polar surface area (TPSA) is 76.2 Å². The lowest BCUT2D eigenvalue weighted by atomic mass is 10.1. The maximum absolute atomic E-state index is 12.7. The summed E-state index contributed by atoms with van der Waals surface area (Å²) in [6.45, 7) is 3.99. The van der Waals surface area contributed by atoms with Gasteiger partial charge in [-0.1, -0.05) is 36.9 Å². The van der Waals surface area contributed by atoms with E-state index < -0.39 is 0 Å². The summed E-state index contributed by atoms with van der Waals surface area (Å²) < 4.78 is 10.9. The Morgan fingerprint density at radius 2 is 1.97 bits per heavy atom. The molecule has 30 heavy (non-hydrogen) atoms. The molecule has 0 bridgehead atoms. The lowest BCUT2D eigenvalue weighted by Gasteiger charge is -2.11. The number of aromatic amines is 1. The molecular formula is C24H21N3O3. The van der Waals surface area contributed by atoms with Crippen LogP contribution in [0.5, 0.6) is 11.5 Å². The molecule has 0 aliphatic rings. The summed E-state index contributed by atoms with van der Waals surface area (Å²) in [5.74, 6) is 1.55. The summed E-state index contributed by atoms with van der Waals surface area (Å²) in [5, 5.41) is 2.92. The van der Waals surface area contributed by atoms with Crippen LogP contribution in [0.3, 0.4) is 0 Å². The molecule has 0 atom stereocenters. The second-order valence-corrected chi connectivity index (χ2v) is 6.60. The largest absolute Gasteiger partial charge is 0.493 e. The number of hydrogen-bond acceptors (Lipinski definition) is 4. The number of fused-ring (bicyclic) bond motifs is 1. The van der Waals surface area contributed by atoms with Crippen LogP contribution in [0, 0.1) is 0 Å². The van der Waals surface area contributed by atoms with E-state index in [2.05, 4.69) is 21.9 Å². The van der Waals surface area contributed by atoms with E-state index in [0.717, 1.165) is 22.4 Å². The van der Waals surface area contributed by atoms with Gasteiger partial charge in [0.15, 0.2) is 11.5 Å². The Morgan fingerprint density at radius 3 is 2.77 bits per heavy atom. The lowest BCUT2D eigenvalue weighted by molar-refractivity contribution is 0.102. The maximum atomic E-state index is 12.7. The van der Waals surface area contributed by atoms with E-state index in [1.54, 1.807) is 24.3 Å². The maximum Gasteiger partial charge on any atom is 0.255 e. The number of methoxy groups -OCH3 is 1. The highest BCUT2D eigenvalue weighted by Crippen LogP contribution is 2.29. The molecule has 1 amide bonds. The minimum absolute atomic E-state index is 0.245. The Labute approximate surface area is 174 Å². The number of nitrogens with one attached hydrogen (secondary N) is 2. The molecule has 2 N–H and O–H groups in total. The molecule has 0 saturated heterocycles. The monoisotopic (exact) mass is 399 g/mol. The van der Waals surface area contributed by atoms with E-state index in [1.807, 2.05) is 48.5 Å². The van der Waals surface area contributed by atoms with Gasteiger partial charge in [0.2, 0.25) is 0 Å². The highest BCUT2D eigenvalue weighted by molar-refractivity contribution is 6.05. The predicted molar refractivity (Wildman–Crippen MR) is 118 cm³/mol. The van der Waals surface area contributed by atoms with Crippen LogP contribution in [0.25, 0.3) is 22.4 Å². The van der Waals surface area contributed by atoms with Gasteiger partial charge < -0.3 is 19.8 Å². The van der Waals surface area contributed by atoms with Crippen LogP contribution >= 0.6 is 0 Å². The van der Waals surface area contributed by atoms with E-state index in [1.165, 1.54) is 7.11 Å². The summed E-state index contributed by atoms with van der Waals surface area (Å²) in [6, 6.07) is 20.4. The third kappa shape index (κ3) is 4.03. The minimum Gasteiger partial charge on any atom is -0.493 e. The fourth-order valence-electron chi connectivity index (χ4n) is 3.11. The van der Waals surface area contributed by atoms with E-state index in [9.17, 15) is 4.79 Å². The molecule has 0 spiro atoms. The van der Waals surface area contributed by atoms with Gasteiger partial charge in [-0.15, -0.1) is 0 Å². The molecule has 4 rings (SSSR count). The number of ether oxygens (including phenoxy) is 2. The zero-order valence-electron chi connectivity index (χ0n) is 16.5. The fourth-order valence-corrected chi connectivity index (χ4v) is 3.11. The lowest BCUT2D eigenvalue weighted by Crippen LogP contribution is -2.12. The number of H-pyrrole nitrogens is 1. The van der Waals surface area contributed by atoms with Crippen molar-refractivity contribution in [1.82, 2.24) is 9.97 Å². The number of aromatic nitrogens is 2. The molecule has 0 saturated carbocycles. The molecule has 4 aromatic rings. The molecular weight excluding hydrogens is 378 g/mol. The highest BCUT2D eigenvalue weighted by atomic mass is 16.5. The van der Waals surface area contributed by atoms with Crippen LogP contribution < -0.4 is 14.8 Å². The van der Waals surface area contributed by atoms with Crippen LogP contribution in [0.1, 0.15) is 10.4 Å². The Morgan fingerprint density at radius 1 is 1.10 bits per heavy atom. The first-order chi connectivity index (χ1) is 14.7. The first kappa shape index (κ1) is 19.3. The number of anilines is 1. The molecule has 1 aromatic heterocycles. The average molecular weight is 399 g/mol. The predicted octanol–water partition coefficient (Wildman–Crippen LogP) is 5.06. The van der Waals surface area contributed by atoms with Crippen LogP contribution in [-0.2, 0) is 0 Å². The van der Waals surface area contributed by atoms with Crippen LogP contribution in [0.15, 0.2) is 79.4 Å². The van der Waals surface area contributed by atoms with Gasteiger partial charge in [-0.25, -0.2) is 4.98 Å². The molecule has 0 fully saturated rings. The van der Waals surface area contributed by atoms with Gasteiger partial charge in [0.1, 0.15) is 12.4 Å². The third-order valence-corrected chi connectivity index (χ3v) is 4.57. The number of imidazole rings is 1. The van der Waals surface area contributed by atoms with Gasteiger partial charge in [0.05, 0.1) is 18.1 Å². The molecule has 3 aromatic carbocycles.